The van der Waals surface area contributed by atoms with E-state index in [1.54, 1.807) is 36.4 Å². The van der Waals surface area contributed by atoms with Crippen molar-refractivity contribution < 1.29 is 4.79 Å². The Balaban J connectivity index is 2.26. The van der Waals surface area contributed by atoms with E-state index >= 15 is 0 Å². The molecule has 24 heavy (non-hydrogen) atoms. The first-order chi connectivity index (χ1) is 11.7. The number of anilines is 2. The molecule has 0 aliphatic carbocycles. The van der Waals surface area contributed by atoms with Crippen LogP contribution in [0, 0.1) is 22.7 Å². The highest BCUT2D eigenvalue weighted by molar-refractivity contribution is 6.08. The van der Waals surface area contributed by atoms with Crippen molar-refractivity contribution in [3.63, 3.8) is 0 Å². The average Bonchev–Trinajstić information content (AvgIpc) is 2.63. The van der Waals surface area contributed by atoms with E-state index in [1.807, 2.05) is 31.2 Å². The molecular formula is C19H16N4O. The number of amides is 1. The van der Waals surface area contributed by atoms with Crippen LogP contribution in [-0.2, 0) is 6.42 Å². The van der Waals surface area contributed by atoms with Crippen LogP contribution in [0.1, 0.15) is 22.8 Å². The molecule has 2 aromatic rings. The molecule has 0 aliphatic heterocycles. The standard InChI is InChI=1S/C19H16N4O/c1-2-15-7-3-5-9-17(15)23-19(24)16-8-4-6-10-18(16)22-13-14(11-20)12-21/h3-10,13,22H,2H2,1H3,(H,23,24). The number of hydrogen-bond acceptors (Lipinski definition) is 4. The monoisotopic (exact) mass is 316 g/mol. The molecule has 0 atom stereocenters. The third kappa shape index (κ3) is 4.00. The Morgan fingerprint density at radius 2 is 1.67 bits per heavy atom. The number of carbonyl (C=O) groups excluding carboxylic acids is 1. The quantitative estimate of drug-likeness (QED) is 0.820. The third-order valence-corrected chi connectivity index (χ3v) is 3.43. The zero-order chi connectivity index (χ0) is 17.4. The lowest BCUT2D eigenvalue weighted by atomic mass is 10.1. The molecule has 5 heteroatoms. The first kappa shape index (κ1) is 16.8. The van der Waals surface area contributed by atoms with Crippen LogP contribution >= 0.6 is 0 Å². The summed E-state index contributed by atoms with van der Waals surface area (Å²) in [5.74, 6) is -0.261. The van der Waals surface area contributed by atoms with Crippen LogP contribution in [0.4, 0.5) is 11.4 Å². The Bertz CT molecular complexity index is 840. The largest absolute Gasteiger partial charge is 0.359 e. The van der Waals surface area contributed by atoms with Gasteiger partial charge in [0, 0.05) is 11.9 Å². The summed E-state index contributed by atoms with van der Waals surface area (Å²) >= 11 is 0. The Morgan fingerprint density at radius 1 is 1.04 bits per heavy atom. The smallest absolute Gasteiger partial charge is 0.257 e. The van der Waals surface area contributed by atoms with Crippen LogP contribution in [0.5, 0.6) is 0 Å². The van der Waals surface area contributed by atoms with E-state index in [0.717, 1.165) is 17.7 Å². The maximum atomic E-state index is 12.6. The molecule has 0 aliphatic rings. The van der Waals surface area contributed by atoms with Crippen molar-refractivity contribution in [1.82, 2.24) is 0 Å². The lowest BCUT2D eigenvalue weighted by Gasteiger charge is -2.12. The minimum atomic E-state index is -0.261. The van der Waals surface area contributed by atoms with E-state index in [4.69, 9.17) is 10.5 Å². The van der Waals surface area contributed by atoms with Gasteiger partial charge in [-0.3, -0.25) is 4.79 Å². The molecule has 0 bridgehead atoms. The predicted octanol–water partition coefficient (Wildman–Crippen LogP) is 3.84. The van der Waals surface area contributed by atoms with Gasteiger partial charge in [-0.2, -0.15) is 10.5 Å². The average molecular weight is 316 g/mol. The SMILES string of the molecule is CCc1ccccc1NC(=O)c1ccccc1NC=C(C#N)C#N. The minimum absolute atomic E-state index is 0.0680. The molecule has 0 spiro atoms. The number of rotatable bonds is 5. The van der Waals surface area contributed by atoms with Gasteiger partial charge in [0.2, 0.25) is 0 Å². The predicted molar refractivity (Wildman–Crippen MR) is 93.1 cm³/mol. The summed E-state index contributed by atoms with van der Waals surface area (Å²) in [6.07, 6.45) is 2.10. The molecule has 0 fully saturated rings. The van der Waals surface area contributed by atoms with Gasteiger partial charge in [-0.25, -0.2) is 0 Å². The fraction of sp³-hybridized carbons (Fsp3) is 0.105. The van der Waals surface area contributed by atoms with Crippen molar-refractivity contribution in [3.05, 3.63) is 71.4 Å². The lowest BCUT2D eigenvalue weighted by molar-refractivity contribution is 0.102. The minimum Gasteiger partial charge on any atom is -0.359 e. The Hall–Kier alpha value is -3.57. The molecule has 2 N–H and O–H groups in total. The summed E-state index contributed by atoms with van der Waals surface area (Å²) in [7, 11) is 0. The highest BCUT2D eigenvalue weighted by Gasteiger charge is 2.12. The number of nitriles is 2. The van der Waals surface area contributed by atoms with E-state index < -0.39 is 0 Å². The van der Waals surface area contributed by atoms with E-state index in [-0.39, 0.29) is 11.5 Å². The molecule has 0 aromatic heterocycles. The zero-order valence-corrected chi connectivity index (χ0v) is 13.2. The fourth-order valence-corrected chi connectivity index (χ4v) is 2.19. The highest BCUT2D eigenvalue weighted by Crippen LogP contribution is 2.20. The molecule has 0 unspecified atom stereocenters. The Kier molecular flexibility index (Phi) is 5.71. The second-order valence-corrected chi connectivity index (χ2v) is 4.94. The van der Waals surface area contributed by atoms with E-state index in [2.05, 4.69) is 10.6 Å². The number of nitrogens with one attached hydrogen (secondary N) is 2. The molecule has 2 rings (SSSR count). The maximum Gasteiger partial charge on any atom is 0.257 e. The second-order valence-electron chi connectivity index (χ2n) is 4.94. The van der Waals surface area contributed by atoms with E-state index in [1.165, 1.54) is 6.20 Å². The summed E-state index contributed by atoms with van der Waals surface area (Å²) in [6.45, 7) is 2.02. The summed E-state index contributed by atoms with van der Waals surface area (Å²) in [5.41, 5.74) is 2.70. The van der Waals surface area contributed by atoms with Gasteiger partial charge in [-0.05, 0) is 30.2 Å². The number of para-hydroxylation sites is 2. The van der Waals surface area contributed by atoms with Gasteiger partial charge in [0.25, 0.3) is 5.91 Å². The molecule has 5 nitrogen and oxygen atoms in total. The third-order valence-electron chi connectivity index (χ3n) is 3.43. The molecule has 2 aromatic carbocycles. The second kappa shape index (κ2) is 8.17. The van der Waals surface area contributed by atoms with Crippen molar-refractivity contribution in [2.45, 2.75) is 13.3 Å². The van der Waals surface area contributed by atoms with Gasteiger partial charge in [0.15, 0.2) is 0 Å². The highest BCUT2D eigenvalue weighted by atomic mass is 16.1. The van der Waals surface area contributed by atoms with Crippen LogP contribution in [0.25, 0.3) is 0 Å². The van der Waals surface area contributed by atoms with Crippen molar-refractivity contribution in [1.29, 1.82) is 10.5 Å². The van der Waals surface area contributed by atoms with Gasteiger partial charge in [0.1, 0.15) is 17.7 Å². The van der Waals surface area contributed by atoms with Gasteiger partial charge >= 0.3 is 0 Å². The van der Waals surface area contributed by atoms with E-state index in [9.17, 15) is 4.79 Å². The van der Waals surface area contributed by atoms with Gasteiger partial charge in [-0.1, -0.05) is 37.3 Å². The Labute approximate surface area is 140 Å². The topological polar surface area (TPSA) is 88.7 Å². The van der Waals surface area contributed by atoms with E-state index in [0.29, 0.717) is 11.3 Å². The van der Waals surface area contributed by atoms with Gasteiger partial charge < -0.3 is 10.6 Å². The van der Waals surface area contributed by atoms with Crippen LogP contribution in [0.15, 0.2) is 60.3 Å². The first-order valence-corrected chi connectivity index (χ1v) is 7.44. The number of nitrogens with zero attached hydrogens (tertiary/aromatic N) is 2. The van der Waals surface area contributed by atoms with Crippen molar-refractivity contribution in [3.8, 4) is 12.1 Å². The number of hydrogen-bond donors (Lipinski definition) is 2. The number of carbonyl (C=O) groups is 1. The summed E-state index contributed by atoms with van der Waals surface area (Å²) in [4.78, 5) is 12.6. The first-order valence-electron chi connectivity index (χ1n) is 7.44. The zero-order valence-electron chi connectivity index (χ0n) is 13.2. The molecule has 118 valence electrons. The fourth-order valence-electron chi connectivity index (χ4n) is 2.19. The number of benzene rings is 2. The molecule has 1 amide bonds. The summed E-state index contributed by atoms with van der Waals surface area (Å²) in [6, 6.07) is 18.1. The molecule has 0 heterocycles. The van der Waals surface area contributed by atoms with Crippen molar-refractivity contribution >= 4 is 17.3 Å². The number of aryl methyl sites for hydroxylation is 1. The van der Waals surface area contributed by atoms with Crippen molar-refractivity contribution in [2.75, 3.05) is 10.6 Å². The van der Waals surface area contributed by atoms with Gasteiger partial charge in [0.05, 0.1) is 11.3 Å². The Morgan fingerprint density at radius 3 is 2.33 bits per heavy atom. The van der Waals surface area contributed by atoms with Crippen LogP contribution < -0.4 is 10.6 Å². The summed E-state index contributed by atoms with van der Waals surface area (Å²) in [5, 5.41) is 23.3. The maximum absolute atomic E-state index is 12.6. The summed E-state index contributed by atoms with van der Waals surface area (Å²) < 4.78 is 0. The lowest BCUT2D eigenvalue weighted by Crippen LogP contribution is -2.15. The van der Waals surface area contributed by atoms with Crippen LogP contribution in [0.3, 0.4) is 0 Å². The van der Waals surface area contributed by atoms with Crippen molar-refractivity contribution in [2.24, 2.45) is 0 Å². The molecule has 0 saturated carbocycles. The van der Waals surface area contributed by atoms with Gasteiger partial charge in [-0.15, -0.1) is 0 Å². The molecule has 0 saturated heterocycles. The number of allylic oxidation sites excluding steroid dienone is 1. The molecule has 0 radical (unpaired) electrons. The normalized spacial score (nSPS) is 9.29. The molecular weight excluding hydrogens is 300 g/mol. The van der Waals surface area contributed by atoms with Crippen LogP contribution in [0.2, 0.25) is 0 Å². The van der Waals surface area contributed by atoms with Crippen LogP contribution in [-0.4, -0.2) is 5.91 Å².